The molecule has 2 aromatic carbocycles. The number of ether oxygens (including phenoxy) is 1. The first kappa shape index (κ1) is 26.9. The molecule has 2 aromatic rings. The minimum absolute atomic E-state index is 0.0122. The van der Waals surface area contributed by atoms with Crippen LogP contribution in [0.15, 0.2) is 48.5 Å². The van der Waals surface area contributed by atoms with Crippen LogP contribution in [0.2, 0.25) is 5.02 Å². The summed E-state index contributed by atoms with van der Waals surface area (Å²) in [7, 11) is 3.87. The van der Waals surface area contributed by atoms with Crippen molar-refractivity contribution < 1.29 is 9.53 Å². The lowest BCUT2D eigenvalue weighted by atomic mass is 9.88. The summed E-state index contributed by atoms with van der Waals surface area (Å²) in [5.74, 6) is 0.491. The molecule has 0 unspecified atom stereocenters. The van der Waals surface area contributed by atoms with Crippen LogP contribution in [-0.2, 0) is 16.1 Å². The number of anilines is 1. The SMILES string of the molecule is COCCN(C)Cc1ccccc1N1CCN(C(=O)[C@@H]2CN(C(C)C)C[C@H]2c2ccc(Cl)cc2)CC1. The minimum atomic E-state index is -0.0122. The predicted octanol–water partition coefficient (Wildman–Crippen LogP) is 4.19. The van der Waals surface area contributed by atoms with Crippen molar-refractivity contribution in [1.29, 1.82) is 0 Å². The quantitative estimate of drug-likeness (QED) is 0.504. The van der Waals surface area contributed by atoms with Crippen molar-refractivity contribution in [2.45, 2.75) is 32.4 Å². The second-order valence-electron chi connectivity index (χ2n) is 10.5. The molecular weight excluding hydrogens is 472 g/mol. The van der Waals surface area contributed by atoms with Gasteiger partial charge in [-0.15, -0.1) is 0 Å². The molecule has 0 bridgehead atoms. The number of hydrogen-bond donors (Lipinski definition) is 0. The molecule has 196 valence electrons. The van der Waals surface area contributed by atoms with Crippen LogP contribution in [0, 0.1) is 5.92 Å². The lowest BCUT2D eigenvalue weighted by Crippen LogP contribution is -2.51. The molecule has 0 saturated carbocycles. The van der Waals surface area contributed by atoms with E-state index in [1.54, 1.807) is 7.11 Å². The largest absolute Gasteiger partial charge is 0.383 e. The van der Waals surface area contributed by atoms with Crippen LogP contribution in [0.3, 0.4) is 0 Å². The van der Waals surface area contributed by atoms with E-state index < -0.39 is 0 Å². The fraction of sp³-hybridized carbons (Fsp3) is 0.552. The summed E-state index contributed by atoms with van der Waals surface area (Å²) in [4.78, 5) is 23.1. The Morgan fingerprint density at radius 3 is 2.42 bits per heavy atom. The highest BCUT2D eigenvalue weighted by molar-refractivity contribution is 6.30. The number of carbonyl (C=O) groups excluding carboxylic acids is 1. The Hall–Kier alpha value is -2.12. The molecule has 0 aromatic heterocycles. The van der Waals surface area contributed by atoms with E-state index >= 15 is 0 Å². The van der Waals surface area contributed by atoms with E-state index in [1.807, 2.05) is 12.1 Å². The topological polar surface area (TPSA) is 39.3 Å². The zero-order valence-electron chi connectivity index (χ0n) is 22.2. The Balaban J connectivity index is 1.42. The molecule has 6 nitrogen and oxygen atoms in total. The number of halogens is 1. The number of likely N-dealkylation sites (N-methyl/N-ethyl adjacent to an activating group) is 1. The van der Waals surface area contributed by atoms with Crippen molar-refractivity contribution >= 4 is 23.2 Å². The Morgan fingerprint density at radius 2 is 1.75 bits per heavy atom. The second kappa shape index (κ2) is 12.4. The molecule has 7 heteroatoms. The molecule has 0 radical (unpaired) electrons. The number of hydrogen-bond acceptors (Lipinski definition) is 5. The van der Waals surface area contributed by atoms with E-state index in [9.17, 15) is 4.79 Å². The normalized spacial score (nSPS) is 21.1. The molecule has 2 heterocycles. The van der Waals surface area contributed by atoms with Crippen LogP contribution in [0.1, 0.15) is 30.9 Å². The number of rotatable bonds is 9. The Morgan fingerprint density at radius 1 is 1.06 bits per heavy atom. The summed E-state index contributed by atoms with van der Waals surface area (Å²) in [5, 5.41) is 0.738. The second-order valence-corrected chi connectivity index (χ2v) is 10.9. The molecule has 2 aliphatic heterocycles. The maximum Gasteiger partial charge on any atom is 0.227 e. The average molecular weight is 513 g/mol. The van der Waals surface area contributed by atoms with Crippen molar-refractivity contribution in [1.82, 2.24) is 14.7 Å². The lowest BCUT2D eigenvalue weighted by molar-refractivity contribution is -0.135. The third-order valence-corrected chi connectivity index (χ3v) is 7.99. The van der Waals surface area contributed by atoms with Gasteiger partial charge in [-0.1, -0.05) is 41.9 Å². The molecule has 2 saturated heterocycles. The van der Waals surface area contributed by atoms with Gasteiger partial charge in [0.15, 0.2) is 0 Å². The van der Waals surface area contributed by atoms with E-state index in [4.69, 9.17) is 16.3 Å². The fourth-order valence-corrected chi connectivity index (χ4v) is 5.65. The van der Waals surface area contributed by atoms with E-state index in [1.165, 1.54) is 16.8 Å². The van der Waals surface area contributed by atoms with Gasteiger partial charge in [-0.25, -0.2) is 0 Å². The molecule has 0 spiro atoms. The van der Waals surface area contributed by atoms with Crippen molar-refractivity contribution in [3.05, 3.63) is 64.7 Å². The standard InChI is InChI=1S/C29H41ClN4O2/c1-22(2)34-20-26(23-9-11-25(30)12-10-23)27(21-34)29(35)33-15-13-32(14-16-33)28-8-6-5-7-24(28)19-31(3)17-18-36-4/h5-12,22,26-27H,13-21H2,1-4H3/t26-,27+/m0/s1. The minimum Gasteiger partial charge on any atom is -0.383 e. The summed E-state index contributed by atoms with van der Waals surface area (Å²) < 4.78 is 5.24. The van der Waals surface area contributed by atoms with Crippen LogP contribution in [0.4, 0.5) is 5.69 Å². The molecule has 2 aliphatic rings. The summed E-state index contributed by atoms with van der Waals surface area (Å²) in [5.41, 5.74) is 3.81. The number of nitrogens with zero attached hydrogens (tertiary/aromatic N) is 4. The number of amides is 1. The highest BCUT2D eigenvalue weighted by atomic mass is 35.5. The van der Waals surface area contributed by atoms with E-state index in [0.717, 1.165) is 64.0 Å². The highest BCUT2D eigenvalue weighted by Crippen LogP contribution is 2.36. The Kier molecular flexibility index (Phi) is 9.29. The summed E-state index contributed by atoms with van der Waals surface area (Å²) in [6.07, 6.45) is 0. The van der Waals surface area contributed by atoms with Gasteiger partial charge in [0.05, 0.1) is 12.5 Å². The first-order valence-corrected chi connectivity index (χ1v) is 13.5. The number of piperazine rings is 1. The first-order valence-electron chi connectivity index (χ1n) is 13.2. The Bertz CT molecular complexity index is 991. The van der Waals surface area contributed by atoms with E-state index in [2.05, 4.69) is 76.9 Å². The third kappa shape index (κ3) is 6.41. The maximum atomic E-state index is 13.8. The first-order chi connectivity index (χ1) is 17.4. The van der Waals surface area contributed by atoms with Crippen LogP contribution >= 0.6 is 11.6 Å². The molecule has 36 heavy (non-hydrogen) atoms. The molecule has 2 atom stereocenters. The van der Waals surface area contributed by atoms with Gasteiger partial charge in [0.25, 0.3) is 0 Å². The van der Waals surface area contributed by atoms with Crippen molar-refractivity contribution in [3.63, 3.8) is 0 Å². The van der Waals surface area contributed by atoms with E-state index in [-0.39, 0.29) is 11.8 Å². The zero-order chi connectivity index (χ0) is 25.7. The average Bonchev–Trinajstić information content (AvgIpc) is 3.34. The van der Waals surface area contributed by atoms with Crippen molar-refractivity contribution in [2.75, 3.05) is 71.5 Å². The van der Waals surface area contributed by atoms with Gasteiger partial charge in [-0.05, 0) is 50.2 Å². The third-order valence-electron chi connectivity index (χ3n) is 7.73. The van der Waals surface area contributed by atoms with Crippen LogP contribution in [-0.4, -0.2) is 93.2 Å². The molecule has 0 aliphatic carbocycles. The molecule has 1 amide bonds. The maximum absolute atomic E-state index is 13.8. The molecule has 2 fully saturated rings. The predicted molar refractivity (Wildman–Crippen MR) is 148 cm³/mol. The monoisotopic (exact) mass is 512 g/mol. The smallest absolute Gasteiger partial charge is 0.227 e. The van der Waals surface area contributed by atoms with Gasteiger partial charge in [-0.2, -0.15) is 0 Å². The summed E-state index contributed by atoms with van der Waals surface area (Å²) >= 11 is 6.15. The lowest BCUT2D eigenvalue weighted by Gasteiger charge is -2.39. The molecule has 4 rings (SSSR count). The fourth-order valence-electron chi connectivity index (χ4n) is 5.53. The van der Waals surface area contributed by atoms with Gasteiger partial charge >= 0.3 is 0 Å². The highest BCUT2D eigenvalue weighted by Gasteiger charge is 2.41. The summed E-state index contributed by atoms with van der Waals surface area (Å²) in [6, 6.07) is 17.1. The number of para-hydroxylation sites is 1. The number of benzene rings is 2. The van der Waals surface area contributed by atoms with Crippen LogP contribution < -0.4 is 4.90 Å². The molecule has 0 N–H and O–H groups in total. The Labute approximate surface area is 221 Å². The van der Waals surface area contributed by atoms with Gasteiger partial charge < -0.3 is 14.5 Å². The number of methoxy groups -OCH3 is 1. The van der Waals surface area contributed by atoms with Crippen molar-refractivity contribution in [3.8, 4) is 0 Å². The van der Waals surface area contributed by atoms with Gasteiger partial charge in [0, 0.05) is 82.1 Å². The number of carbonyl (C=O) groups is 1. The van der Waals surface area contributed by atoms with E-state index in [0.29, 0.717) is 11.9 Å². The van der Waals surface area contributed by atoms with Gasteiger partial charge in [0.2, 0.25) is 5.91 Å². The van der Waals surface area contributed by atoms with Gasteiger partial charge in [0.1, 0.15) is 0 Å². The van der Waals surface area contributed by atoms with Crippen LogP contribution in [0.25, 0.3) is 0 Å². The number of likely N-dealkylation sites (tertiary alicyclic amines) is 1. The van der Waals surface area contributed by atoms with Crippen LogP contribution in [0.5, 0.6) is 0 Å². The van der Waals surface area contributed by atoms with Gasteiger partial charge in [-0.3, -0.25) is 14.6 Å². The summed E-state index contributed by atoms with van der Waals surface area (Å²) in [6.45, 7) is 11.9. The zero-order valence-corrected chi connectivity index (χ0v) is 23.0. The van der Waals surface area contributed by atoms with Crippen molar-refractivity contribution in [2.24, 2.45) is 5.92 Å². The molecular formula is C29H41ClN4O2.